The fourth-order valence-electron chi connectivity index (χ4n) is 1.86. The van der Waals surface area contributed by atoms with Crippen molar-refractivity contribution in [2.45, 2.75) is 36.7 Å². The highest BCUT2D eigenvalue weighted by molar-refractivity contribution is 7.99. The van der Waals surface area contributed by atoms with Crippen LogP contribution in [0.4, 0.5) is 0 Å². The van der Waals surface area contributed by atoms with E-state index in [1.54, 1.807) is 11.8 Å². The lowest BCUT2D eigenvalue weighted by molar-refractivity contribution is 0.632. The van der Waals surface area contributed by atoms with Gasteiger partial charge in [0.2, 0.25) is 0 Å². The predicted molar refractivity (Wildman–Crippen MR) is 85.1 cm³/mol. The number of benzene rings is 1. The van der Waals surface area contributed by atoms with Gasteiger partial charge in [0.15, 0.2) is 5.16 Å². The largest absolute Gasteiger partial charge is 0.326 e. The van der Waals surface area contributed by atoms with E-state index in [9.17, 15) is 0 Å². The Morgan fingerprint density at radius 3 is 2.60 bits per heavy atom. The van der Waals surface area contributed by atoms with Crippen LogP contribution in [0.25, 0.3) is 0 Å². The van der Waals surface area contributed by atoms with Crippen molar-refractivity contribution in [2.75, 3.05) is 0 Å². The summed E-state index contributed by atoms with van der Waals surface area (Å²) in [5.41, 5.74) is 8.42. The van der Waals surface area contributed by atoms with Crippen LogP contribution in [-0.2, 0) is 0 Å². The fraction of sp³-hybridized carbons (Fsp3) is 0.333. The quantitative estimate of drug-likeness (QED) is 0.670. The fourth-order valence-corrected chi connectivity index (χ4v) is 3.16. The Labute approximate surface area is 129 Å². The highest BCUT2D eigenvalue weighted by atomic mass is 35.5. The summed E-state index contributed by atoms with van der Waals surface area (Å²) in [6.45, 7) is 4.06. The number of aromatic nitrogens is 2. The first-order chi connectivity index (χ1) is 9.60. The molecule has 1 aromatic heterocycles. The zero-order valence-electron chi connectivity index (χ0n) is 11.6. The summed E-state index contributed by atoms with van der Waals surface area (Å²) in [6, 6.07) is 7.86. The molecule has 2 rings (SSSR count). The lowest BCUT2D eigenvalue weighted by Crippen LogP contribution is -2.25. The molecule has 0 aliphatic heterocycles. The van der Waals surface area contributed by atoms with Crippen molar-refractivity contribution in [2.24, 2.45) is 5.73 Å². The van der Waals surface area contributed by atoms with Gasteiger partial charge in [-0.2, -0.15) is 0 Å². The first kappa shape index (κ1) is 15.3. The van der Waals surface area contributed by atoms with Gasteiger partial charge in [-0.25, -0.2) is 9.97 Å². The van der Waals surface area contributed by atoms with Crippen molar-refractivity contribution >= 4 is 23.4 Å². The second-order valence-corrected chi connectivity index (χ2v) is 6.25. The highest BCUT2D eigenvalue weighted by Crippen LogP contribution is 2.37. The zero-order valence-corrected chi connectivity index (χ0v) is 13.2. The third-order valence-corrected chi connectivity index (χ3v) is 4.56. The summed E-state index contributed by atoms with van der Waals surface area (Å²) in [5, 5.41) is 1.56. The monoisotopic (exact) mass is 307 g/mol. The van der Waals surface area contributed by atoms with Crippen LogP contribution in [0.3, 0.4) is 0 Å². The van der Waals surface area contributed by atoms with Gasteiger partial charge < -0.3 is 5.73 Å². The molecule has 0 aliphatic carbocycles. The zero-order chi connectivity index (χ0) is 14.5. The molecule has 0 radical (unpaired) electrons. The molecule has 2 N–H and O–H groups in total. The second-order valence-electron chi connectivity index (χ2n) is 4.71. The van der Waals surface area contributed by atoms with E-state index in [1.165, 1.54) is 0 Å². The maximum Gasteiger partial charge on any atom is 0.188 e. The Balaban J connectivity index is 2.26. The van der Waals surface area contributed by atoms with Gasteiger partial charge >= 0.3 is 0 Å². The van der Waals surface area contributed by atoms with E-state index in [-0.39, 0.29) is 11.3 Å². The topological polar surface area (TPSA) is 51.8 Å². The van der Waals surface area contributed by atoms with Gasteiger partial charge in [0.1, 0.15) is 0 Å². The summed E-state index contributed by atoms with van der Waals surface area (Å²) in [4.78, 5) is 8.69. The molecule has 0 fully saturated rings. The average Bonchev–Trinajstić information content (AvgIpc) is 2.46. The van der Waals surface area contributed by atoms with E-state index in [0.717, 1.165) is 27.7 Å². The van der Waals surface area contributed by atoms with Gasteiger partial charge in [-0.3, -0.25) is 0 Å². The van der Waals surface area contributed by atoms with E-state index >= 15 is 0 Å². The summed E-state index contributed by atoms with van der Waals surface area (Å²) in [5.74, 6) is 0. The van der Waals surface area contributed by atoms with Crippen LogP contribution in [0.5, 0.6) is 0 Å². The molecule has 0 aliphatic rings. The van der Waals surface area contributed by atoms with Crippen LogP contribution in [0.2, 0.25) is 5.02 Å². The molecule has 0 amide bonds. The number of thioether (sulfide) groups is 1. The van der Waals surface area contributed by atoms with Crippen LogP contribution in [0.1, 0.15) is 29.7 Å². The van der Waals surface area contributed by atoms with E-state index < -0.39 is 0 Å². The molecule has 5 heteroatoms. The molecule has 1 aromatic carbocycles. The summed E-state index contributed by atoms with van der Waals surface area (Å²) in [6.07, 6.45) is 4.53. The van der Waals surface area contributed by atoms with Gasteiger partial charge in [-0.15, -0.1) is 0 Å². The Kier molecular flexibility index (Phi) is 5.40. The normalized spacial score (nSPS) is 14.0. The predicted octanol–water partition coefficient (Wildman–Crippen LogP) is 4.01. The SMILES string of the molecule is CCC(N)C(Sc1ncc(C)cn1)c1cccc(Cl)c1. The molecule has 106 valence electrons. The van der Waals surface area contributed by atoms with E-state index in [4.69, 9.17) is 17.3 Å². The average molecular weight is 308 g/mol. The highest BCUT2D eigenvalue weighted by Gasteiger charge is 2.21. The van der Waals surface area contributed by atoms with Gasteiger partial charge in [-0.05, 0) is 36.6 Å². The molecule has 20 heavy (non-hydrogen) atoms. The van der Waals surface area contributed by atoms with Crippen molar-refractivity contribution in [3.63, 3.8) is 0 Å². The van der Waals surface area contributed by atoms with Crippen molar-refractivity contribution in [1.82, 2.24) is 9.97 Å². The maximum absolute atomic E-state index is 6.26. The third kappa shape index (κ3) is 3.95. The Hall–Kier alpha value is -1.10. The molecule has 1 heterocycles. The van der Waals surface area contributed by atoms with Crippen molar-refractivity contribution < 1.29 is 0 Å². The first-order valence-electron chi connectivity index (χ1n) is 6.56. The molecule has 0 saturated heterocycles. The summed E-state index contributed by atoms with van der Waals surface area (Å²) in [7, 11) is 0. The molecule has 3 nitrogen and oxygen atoms in total. The van der Waals surface area contributed by atoms with Crippen LogP contribution in [-0.4, -0.2) is 16.0 Å². The molecule has 0 spiro atoms. The van der Waals surface area contributed by atoms with Crippen LogP contribution in [0.15, 0.2) is 41.8 Å². The third-order valence-electron chi connectivity index (χ3n) is 3.03. The molecular formula is C15H18ClN3S. The lowest BCUT2D eigenvalue weighted by Gasteiger charge is -2.22. The molecule has 2 aromatic rings. The summed E-state index contributed by atoms with van der Waals surface area (Å²) >= 11 is 7.67. The smallest absolute Gasteiger partial charge is 0.188 e. The molecule has 0 saturated carbocycles. The minimum atomic E-state index is 0.0309. The molecule has 0 bridgehead atoms. The lowest BCUT2D eigenvalue weighted by atomic mass is 10.0. The maximum atomic E-state index is 6.26. The van der Waals surface area contributed by atoms with E-state index in [1.807, 2.05) is 43.6 Å². The van der Waals surface area contributed by atoms with Gasteiger partial charge in [0.25, 0.3) is 0 Å². The minimum Gasteiger partial charge on any atom is -0.326 e. The summed E-state index contributed by atoms with van der Waals surface area (Å²) < 4.78 is 0. The van der Waals surface area contributed by atoms with Crippen LogP contribution >= 0.6 is 23.4 Å². The van der Waals surface area contributed by atoms with Crippen molar-refractivity contribution in [1.29, 1.82) is 0 Å². The molecule has 2 atom stereocenters. The van der Waals surface area contributed by atoms with Crippen LogP contribution < -0.4 is 5.73 Å². The number of hydrogen-bond donors (Lipinski definition) is 1. The number of nitrogens with two attached hydrogens (primary N) is 1. The van der Waals surface area contributed by atoms with Crippen molar-refractivity contribution in [3.05, 3.63) is 52.8 Å². The standard InChI is InChI=1S/C15H18ClN3S/c1-3-13(17)14(11-5-4-6-12(16)7-11)20-15-18-8-10(2)9-19-15/h4-9,13-14H,3,17H2,1-2H3. The van der Waals surface area contributed by atoms with Gasteiger partial charge in [-0.1, -0.05) is 42.4 Å². The molecular weight excluding hydrogens is 290 g/mol. The Morgan fingerprint density at radius 2 is 2.00 bits per heavy atom. The van der Waals surface area contributed by atoms with Crippen LogP contribution in [0, 0.1) is 6.92 Å². The van der Waals surface area contributed by atoms with Gasteiger partial charge in [0, 0.05) is 23.5 Å². The number of hydrogen-bond acceptors (Lipinski definition) is 4. The first-order valence-corrected chi connectivity index (χ1v) is 7.82. The Morgan fingerprint density at radius 1 is 1.30 bits per heavy atom. The number of nitrogens with zero attached hydrogens (tertiary/aromatic N) is 2. The molecule has 2 unspecified atom stereocenters. The number of halogens is 1. The van der Waals surface area contributed by atoms with E-state index in [2.05, 4.69) is 16.9 Å². The number of rotatable bonds is 5. The number of aryl methyl sites for hydroxylation is 1. The van der Waals surface area contributed by atoms with Crippen molar-refractivity contribution in [3.8, 4) is 0 Å². The Bertz CT molecular complexity index is 559. The second kappa shape index (κ2) is 7.07. The van der Waals surface area contributed by atoms with Gasteiger partial charge in [0.05, 0.1) is 5.25 Å². The minimum absolute atomic E-state index is 0.0309. The van der Waals surface area contributed by atoms with E-state index in [0.29, 0.717) is 0 Å².